The second-order valence-electron chi connectivity index (χ2n) is 6.44. The number of benzene rings is 2. The molecule has 1 saturated heterocycles. The van der Waals surface area contributed by atoms with Gasteiger partial charge in [0.25, 0.3) is 5.91 Å². The molecule has 0 spiro atoms. The van der Waals surface area contributed by atoms with Gasteiger partial charge < -0.3 is 4.90 Å². The third kappa shape index (κ3) is 3.55. The Morgan fingerprint density at radius 1 is 1.00 bits per heavy atom. The van der Waals surface area contributed by atoms with Crippen LogP contribution in [0.2, 0.25) is 0 Å². The Labute approximate surface area is 161 Å². The molecule has 0 saturated carbocycles. The van der Waals surface area contributed by atoms with E-state index in [0.717, 1.165) is 22.8 Å². The van der Waals surface area contributed by atoms with Crippen molar-refractivity contribution in [2.75, 3.05) is 22.2 Å². The summed E-state index contributed by atoms with van der Waals surface area (Å²) in [5, 5.41) is 1.25. The first-order chi connectivity index (χ1) is 13.1. The highest BCUT2D eigenvalue weighted by molar-refractivity contribution is 7.99. The summed E-state index contributed by atoms with van der Waals surface area (Å²) in [6.07, 6.45) is 1.32. The molecule has 0 aromatic heterocycles. The second-order valence-corrected chi connectivity index (χ2v) is 7.57. The summed E-state index contributed by atoms with van der Waals surface area (Å²) in [7, 11) is 0. The van der Waals surface area contributed by atoms with Crippen LogP contribution in [0, 0.1) is 0 Å². The Balaban J connectivity index is 1.58. The van der Waals surface area contributed by atoms with E-state index in [1.807, 2.05) is 29.2 Å². The molecular weight excluding hydrogens is 362 g/mol. The summed E-state index contributed by atoms with van der Waals surface area (Å²) in [5.41, 5.74) is 4.60. The minimum absolute atomic E-state index is 0.0643. The lowest BCUT2D eigenvalue weighted by Crippen LogP contribution is -2.50. The lowest BCUT2D eigenvalue weighted by molar-refractivity contribution is -0.130. The van der Waals surface area contributed by atoms with Gasteiger partial charge in [0, 0.05) is 29.8 Å². The van der Waals surface area contributed by atoms with Crippen LogP contribution in [0.15, 0.2) is 53.4 Å². The van der Waals surface area contributed by atoms with Crippen LogP contribution in [-0.2, 0) is 9.59 Å². The highest BCUT2D eigenvalue weighted by atomic mass is 32.2. The molecular formula is C20H19N3O3S. The smallest absolute Gasteiger partial charge is 0.258 e. The Morgan fingerprint density at radius 3 is 2.59 bits per heavy atom. The first-order valence-electron chi connectivity index (χ1n) is 8.90. The van der Waals surface area contributed by atoms with Gasteiger partial charge >= 0.3 is 0 Å². The van der Waals surface area contributed by atoms with Gasteiger partial charge in [-0.2, -0.15) is 0 Å². The minimum Gasteiger partial charge on any atom is -0.307 e. The normalized spacial score (nSPS) is 17.2. The highest BCUT2D eigenvalue weighted by Gasteiger charge is 2.26. The molecule has 2 aliphatic rings. The molecule has 138 valence electrons. The molecule has 0 atom stereocenters. The molecule has 3 amide bonds. The Kier molecular flexibility index (Phi) is 4.85. The monoisotopic (exact) mass is 381 g/mol. The van der Waals surface area contributed by atoms with Crippen LogP contribution in [0.5, 0.6) is 0 Å². The van der Waals surface area contributed by atoms with Gasteiger partial charge in [-0.1, -0.05) is 12.1 Å². The molecule has 1 N–H and O–H groups in total. The molecule has 1 fully saturated rings. The quantitative estimate of drug-likeness (QED) is 0.868. The average Bonchev–Trinajstić information content (AvgIpc) is 2.92. The third-order valence-corrected chi connectivity index (χ3v) is 5.76. The summed E-state index contributed by atoms with van der Waals surface area (Å²) in [6, 6.07) is 14.7. The Morgan fingerprint density at radius 2 is 1.78 bits per heavy atom. The zero-order chi connectivity index (χ0) is 18.8. The first-order valence-corrected chi connectivity index (χ1v) is 9.88. The van der Waals surface area contributed by atoms with E-state index < -0.39 is 0 Å². The third-order valence-electron chi connectivity index (χ3n) is 4.61. The SMILES string of the molecule is O=C1CCC(=O)N(c2ccc(C(=O)N3CCCSc4ccccc43)cc2)N1. The van der Waals surface area contributed by atoms with Crippen LogP contribution in [-0.4, -0.2) is 30.0 Å². The molecule has 0 unspecified atom stereocenters. The number of anilines is 2. The standard InChI is InChI=1S/C20H19N3O3S/c24-18-10-11-19(25)23(21-18)15-8-6-14(7-9-15)20(26)22-12-3-13-27-17-5-2-1-4-16(17)22/h1-2,4-9H,3,10-13H2,(H,21,24). The van der Waals surface area contributed by atoms with Gasteiger partial charge in [0.2, 0.25) is 11.8 Å². The van der Waals surface area contributed by atoms with Gasteiger partial charge in [-0.3, -0.25) is 19.8 Å². The highest BCUT2D eigenvalue weighted by Crippen LogP contribution is 2.34. The number of carbonyl (C=O) groups is 3. The predicted octanol–water partition coefficient (Wildman–Crippen LogP) is 2.99. The maximum atomic E-state index is 13.1. The number of amides is 3. The van der Waals surface area contributed by atoms with E-state index >= 15 is 0 Å². The summed E-state index contributed by atoms with van der Waals surface area (Å²) in [4.78, 5) is 39.6. The Bertz CT molecular complexity index is 898. The van der Waals surface area contributed by atoms with Crippen molar-refractivity contribution in [2.24, 2.45) is 0 Å². The average molecular weight is 381 g/mol. The molecule has 2 aromatic carbocycles. The number of nitrogens with one attached hydrogen (secondary N) is 1. The summed E-state index contributed by atoms with van der Waals surface area (Å²) in [6.45, 7) is 0.672. The van der Waals surface area contributed by atoms with Crippen LogP contribution in [0.1, 0.15) is 29.6 Å². The van der Waals surface area contributed by atoms with Crippen molar-refractivity contribution in [1.82, 2.24) is 5.43 Å². The fourth-order valence-corrected chi connectivity index (χ4v) is 4.23. The minimum atomic E-state index is -0.187. The van der Waals surface area contributed by atoms with Gasteiger partial charge in [0.15, 0.2) is 0 Å². The van der Waals surface area contributed by atoms with Gasteiger partial charge in [-0.15, -0.1) is 11.8 Å². The lowest BCUT2D eigenvalue weighted by Gasteiger charge is -2.27. The zero-order valence-corrected chi connectivity index (χ0v) is 15.5. The number of hydrogen-bond acceptors (Lipinski definition) is 4. The number of rotatable bonds is 2. The lowest BCUT2D eigenvalue weighted by atomic mass is 10.1. The molecule has 6 nitrogen and oxygen atoms in total. The molecule has 7 heteroatoms. The molecule has 0 radical (unpaired) electrons. The summed E-state index contributed by atoms with van der Waals surface area (Å²) in [5.74, 6) is 0.572. The topological polar surface area (TPSA) is 69.7 Å². The number of para-hydroxylation sites is 1. The van der Waals surface area contributed by atoms with E-state index in [9.17, 15) is 14.4 Å². The maximum Gasteiger partial charge on any atom is 0.258 e. The van der Waals surface area contributed by atoms with Crippen molar-refractivity contribution in [2.45, 2.75) is 24.2 Å². The predicted molar refractivity (Wildman–Crippen MR) is 105 cm³/mol. The molecule has 2 aliphatic heterocycles. The molecule has 27 heavy (non-hydrogen) atoms. The van der Waals surface area contributed by atoms with Crippen LogP contribution < -0.4 is 15.3 Å². The van der Waals surface area contributed by atoms with E-state index in [0.29, 0.717) is 17.8 Å². The van der Waals surface area contributed by atoms with Crippen LogP contribution in [0.3, 0.4) is 0 Å². The van der Waals surface area contributed by atoms with Gasteiger partial charge in [0.05, 0.1) is 11.4 Å². The van der Waals surface area contributed by atoms with Crippen molar-refractivity contribution in [3.05, 3.63) is 54.1 Å². The van der Waals surface area contributed by atoms with Crippen LogP contribution >= 0.6 is 11.8 Å². The van der Waals surface area contributed by atoms with Gasteiger partial charge in [-0.25, -0.2) is 5.01 Å². The summed E-state index contributed by atoms with van der Waals surface area (Å²) >= 11 is 1.77. The number of fused-ring (bicyclic) bond motifs is 1. The van der Waals surface area contributed by atoms with Crippen molar-refractivity contribution in [3.63, 3.8) is 0 Å². The molecule has 2 heterocycles. The molecule has 0 bridgehead atoms. The second kappa shape index (κ2) is 7.44. The van der Waals surface area contributed by atoms with Crippen LogP contribution in [0.25, 0.3) is 0 Å². The number of nitrogens with zero attached hydrogens (tertiary/aromatic N) is 2. The number of hydrogen-bond donors (Lipinski definition) is 1. The fraction of sp³-hybridized carbons (Fsp3) is 0.250. The van der Waals surface area contributed by atoms with Crippen LogP contribution in [0.4, 0.5) is 11.4 Å². The van der Waals surface area contributed by atoms with Gasteiger partial charge in [-0.05, 0) is 48.6 Å². The van der Waals surface area contributed by atoms with E-state index in [2.05, 4.69) is 5.43 Å². The van der Waals surface area contributed by atoms with E-state index in [-0.39, 0.29) is 30.6 Å². The van der Waals surface area contributed by atoms with Crippen molar-refractivity contribution < 1.29 is 14.4 Å². The zero-order valence-electron chi connectivity index (χ0n) is 14.7. The number of hydrazine groups is 1. The van der Waals surface area contributed by atoms with E-state index in [1.54, 1.807) is 36.0 Å². The van der Waals surface area contributed by atoms with Crippen molar-refractivity contribution >= 4 is 40.9 Å². The van der Waals surface area contributed by atoms with E-state index in [4.69, 9.17) is 0 Å². The Hall–Kier alpha value is -2.80. The number of thioether (sulfide) groups is 1. The molecule has 0 aliphatic carbocycles. The fourth-order valence-electron chi connectivity index (χ4n) is 3.23. The molecule has 4 rings (SSSR count). The van der Waals surface area contributed by atoms with E-state index in [1.165, 1.54) is 5.01 Å². The maximum absolute atomic E-state index is 13.1. The molecule has 2 aromatic rings. The first kappa shape index (κ1) is 17.6. The van der Waals surface area contributed by atoms with Gasteiger partial charge in [0.1, 0.15) is 0 Å². The van der Waals surface area contributed by atoms with Crippen molar-refractivity contribution in [3.8, 4) is 0 Å². The van der Waals surface area contributed by atoms with Crippen molar-refractivity contribution in [1.29, 1.82) is 0 Å². The largest absolute Gasteiger partial charge is 0.307 e. The summed E-state index contributed by atoms with van der Waals surface area (Å²) < 4.78 is 0. The number of carbonyl (C=O) groups excluding carboxylic acids is 3.